The molecule has 116 valence electrons. The van der Waals surface area contributed by atoms with E-state index in [2.05, 4.69) is 22.5 Å². The predicted molar refractivity (Wildman–Crippen MR) is 82.3 cm³/mol. The first-order valence-electron chi connectivity index (χ1n) is 7.38. The zero-order valence-corrected chi connectivity index (χ0v) is 12.6. The molecule has 0 saturated carbocycles. The molecular weight excluding hydrogens is 270 g/mol. The maximum absolute atomic E-state index is 5.68. The number of ether oxygens (including phenoxy) is 3. The monoisotopic (exact) mass is 293 g/mol. The van der Waals surface area contributed by atoms with Gasteiger partial charge in [-0.2, -0.15) is 0 Å². The van der Waals surface area contributed by atoms with Crippen molar-refractivity contribution < 1.29 is 14.2 Å². The Kier molecular flexibility index (Phi) is 5.99. The average molecular weight is 293 g/mol. The van der Waals surface area contributed by atoms with Gasteiger partial charge in [0, 0.05) is 19.2 Å². The quantitative estimate of drug-likeness (QED) is 0.455. The lowest BCUT2D eigenvalue weighted by molar-refractivity contribution is 0.173. The van der Waals surface area contributed by atoms with Gasteiger partial charge in [-0.25, -0.2) is 0 Å². The second-order valence-corrected chi connectivity index (χ2v) is 4.55. The average Bonchev–Trinajstić information content (AvgIpc) is 2.96. The summed E-state index contributed by atoms with van der Waals surface area (Å²) in [4.78, 5) is 4.43. The summed E-state index contributed by atoms with van der Waals surface area (Å²) < 4.78 is 16.3. The third-order valence-corrected chi connectivity index (χ3v) is 2.85. The van der Waals surface area contributed by atoms with Gasteiger partial charge in [0.1, 0.15) is 12.4 Å². The first-order chi connectivity index (χ1) is 10.3. The van der Waals surface area contributed by atoms with Gasteiger partial charge in [-0.15, -0.1) is 0 Å². The molecule has 1 heterocycles. The van der Waals surface area contributed by atoms with Crippen molar-refractivity contribution in [2.75, 3.05) is 33.0 Å². The molecule has 21 heavy (non-hydrogen) atoms. The van der Waals surface area contributed by atoms with Gasteiger partial charge in [0.05, 0.1) is 6.54 Å². The Hall–Kier alpha value is -2.11. The zero-order chi connectivity index (χ0) is 14.9. The van der Waals surface area contributed by atoms with Crippen molar-refractivity contribution >= 4 is 5.96 Å². The lowest BCUT2D eigenvalue weighted by Crippen LogP contribution is -2.39. The van der Waals surface area contributed by atoms with Crippen LogP contribution in [0.1, 0.15) is 20.3 Å². The Labute approximate surface area is 125 Å². The highest BCUT2D eigenvalue weighted by Crippen LogP contribution is 2.34. The lowest BCUT2D eigenvalue weighted by atomic mass is 10.3. The van der Waals surface area contributed by atoms with Crippen LogP contribution < -0.4 is 24.8 Å². The van der Waals surface area contributed by atoms with Crippen molar-refractivity contribution in [3.05, 3.63) is 18.2 Å². The number of aliphatic imine (C=N–C) groups is 1. The lowest BCUT2D eigenvalue weighted by Gasteiger charge is -2.12. The number of rotatable bonds is 7. The van der Waals surface area contributed by atoms with Gasteiger partial charge in [0.25, 0.3) is 0 Å². The highest BCUT2D eigenvalue weighted by atomic mass is 16.7. The number of hydrogen-bond acceptors (Lipinski definition) is 4. The van der Waals surface area contributed by atoms with Crippen LogP contribution in [0.4, 0.5) is 0 Å². The fourth-order valence-corrected chi connectivity index (χ4v) is 1.87. The Bertz CT molecular complexity index is 477. The van der Waals surface area contributed by atoms with Crippen LogP contribution in [0.3, 0.4) is 0 Å². The fourth-order valence-electron chi connectivity index (χ4n) is 1.87. The number of benzene rings is 1. The van der Waals surface area contributed by atoms with Crippen molar-refractivity contribution in [2.24, 2.45) is 4.99 Å². The Morgan fingerprint density at radius 3 is 2.90 bits per heavy atom. The normalized spacial score (nSPS) is 13.1. The summed E-state index contributed by atoms with van der Waals surface area (Å²) in [6.07, 6.45) is 1.03. The van der Waals surface area contributed by atoms with E-state index in [1.54, 1.807) is 0 Å². The fraction of sp³-hybridized carbons (Fsp3) is 0.533. The zero-order valence-electron chi connectivity index (χ0n) is 12.6. The summed E-state index contributed by atoms with van der Waals surface area (Å²) in [5.74, 6) is 3.10. The highest BCUT2D eigenvalue weighted by molar-refractivity contribution is 5.79. The third-order valence-electron chi connectivity index (χ3n) is 2.85. The van der Waals surface area contributed by atoms with E-state index in [0.29, 0.717) is 13.2 Å². The van der Waals surface area contributed by atoms with Gasteiger partial charge < -0.3 is 24.8 Å². The third kappa shape index (κ3) is 4.73. The molecule has 1 aromatic carbocycles. The number of hydrogen-bond donors (Lipinski definition) is 2. The standard InChI is InChI=1S/C15H23N3O3/c1-3-7-17-15(16-4-2)18-8-9-19-12-5-6-13-14(10-12)21-11-20-13/h5-6,10H,3-4,7-9,11H2,1-2H3,(H2,16,17,18). The Morgan fingerprint density at radius 1 is 1.24 bits per heavy atom. The van der Waals surface area contributed by atoms with Crippen LogP contribution in [0.2, 0.25) is 0 Å². The minimum atomic E-state index is 0.278. The summed E-state index contributed by atoms with van der Waals surface area (Å²) in [6, 6.07) is 5.58. The molecule has 0 aliphatic carbocycles. The number of fused-ring (bicyclic) bond motifs is 1. The molecule has 0 amide bonds. The molecule has 1 aliphatic rings. The minimum Gasteiger partial charge on any atom is -0.492 e. The van der Waals surface area contributed by atoms with Crippen LogP contribution in [0.25, 0.3) is 0 Å². The summed E-state index contributed by atoms with van der Waals surface area (Å²) in [6.45, 7) is 7.33. The summed E-state index contributed by atoms with van der Waals surface area (Å²) >= 11 is 0. The van der Waals surface area contributed by atoms with Crippen LogP contribution >= 0.6 is 0 Å². The number of guanidine groups is 1. The second kappa shape index (κ2) is 8.24. The van der Waals surface area contributed by atoms with Crippen LogP contribution in [-0.4, -0.2) is 39.0 Å². The van der Waals surface area contributed by atoms with E-state index < -0.39 is 0 Å². The first-order valence-corrected chi connectivity index (χ1v) is 7.38. The van der Waals surface area contributed by atoms with E-state index in [1.165, 1.54) is 0 Å². The minimum absolute atomic E-state index is 0.278. The van der Waals surface area contributed by atoms with Crippen molar-refractivity contribution in [3.8, 4) is 17.2 Å². The molecule has 0 saturated heterocycles. The maximum Gasteiger partial charge on any atom is 0.231 e. The van der Waals surface area contributed by atoms with E-state index in [1.807, 2.05) is 25.1 Å². The first kappa shape index (κ1) is 15.3. The van der Waals surface area contributed by atoms with Crippen LogP contribution in [-0.2, 0) is 0 Å². The van der Waals surface area contributed by atoms with Gasteiger partial charge in [0.15, 0.2) is 17.5 Å². The molecule has 1 aliphatic heterocycles. The van der Waals surface area contributed by atoms with Crippen molar-refractivity contribution in [1.29, 1.82) is 0 Å². The number of nitrogens with one attached hydrogen (secondary N) is 2. The van der Waals surface area contributed by atoms with Crippen LogP contribution in [0, 0.1) is 0 Å². The Morgan fingerprint density at radius 2 is 2.10 bits per heavy atom. The van der Waals surface area contributed by atoms with Gasteiger partial charge in [0.2, 0.25) is 6.79 Å². The maximum atomic E-state index is 5.68. The molecule has 2 rings (SSSR count). The molecular formula is C15H23N3O3. The molecule has 0 aromatic heterocycles. The molecule has 0 spiro atoms. The van der Waals surface area contributed by atoms with E-state index in [9.17, 15) is 0 Å². The molecule has 6 heteroatoms. The summed E-state index contributed by atoms with van der Waals surface area (Å²) in [5, 5.41) is 6.43. The van der Waals surface area contributed by atoms with E-state index in [-0.39, 0.29) is 6.79 Å². The van der Waals surface area contributed by atoms with Crippen molar-refractivity contribution in [3.63, 3.8) is 0 Å². The molecule has 0 fully saturated rings. The molecule has 0 radical (unpaired) electrons. The molecule has 2 N–H and O–H groups in total. The smallest absolute Gasteiger partial charge is 0.231 e. The topological polar surface area (TPSA) is 64.1 Å². The molecule has 0 unspecified atom stereocenters. The molecule has 0 bridgehead atoms. The number of nitrogens with zero attached hydrogens (tertiary/aromatic N) is 1. The Balaban J connectivity index is 1.73. The molecule has 1 aromatic rings. The van der Waals surface area contributed by atoms with E-state index in [4.69, 9.17) is 14.2 Å². The van der Waals surface area contributed by atoms with Gasteiger partial charge in [-0.1, -0.05) is 6.92 Å². The van der Waals surface area contributed by atoms with Crippen molar-refractivity contribution in [2.45, 2.75) is 20.3 Å². The van der Waals surface area contributed by atoms with Crippen LogP contribution in [0.5, 0.6) is 17.2 Å². The molecule has 0 atom stereocenters. The highest BCUT2D eigenvalue weighted by Gasteiger charge is 2.13. The van der Waals surface area contributed by atoms with Crippen LogP contribution in [0.15, 0.2) is 23.2 Å². The largest absolute Gasteiger partial charge is 0.492 e. The van der Waals surface area contributed by atoms with Gasteiger partial charge >= 0.3 is 0 Å². The second-order valence-electron chi connectivity index (χ2n) is 4.55. The SMILES string of the molecule is CCCN=C(NCC)NCCOc1ccc2c(c1)OCO2. The van der Waals surface area contributed by atoms with Gasteiger partial charge in [-0.3, -0.25) is 4.99 Å². The molecule has 6 nitrogen and oxygen atoms in total. The van der Waals surface area contributed by atoms with E-state index >= 15 is 0 Å². The summed E-state index contributed by atoms with van der Waals surface area (Å²) in [5.41, 5.74) is 0. The summed E-state index contributed by atoms with van der Waals surface area (Å²) in [7, 11) is 0. The van der Waals surface area contributed by atoms with Gasteiger partial charge in [-0.05, 0) is 25.5 Å². The predicted octanol–water partition coefficient (Wildman–Crippen LogP) is 1.76. The van der Waals surface area contributed by atoms with Crippen molar-refractivity contribution in [1.82, 2.24) is 10.6 Å². The van der Waals surface area contributed by atoms with E-state index in [0.717, 1.165) is 42.7 Å².